The molecule has 15 heavy (non-hydrogen) atoms. The van der Waals surface area contributed by atoms with E-state index in [-0.39, 0.29) is 5.91 Å². The summed E-state index contributed by atoms with van der Waals surface area (Å²) >= 11 is 0. The quantitative estimate of drug-likeness (QED) is 0.713. The average molecular weight is 213 g/mol. The summed E-state index contributed by atoms with van der Waals surface area (Å²) < 4.78 is 0. The summed E-state index contributed by atoms with van der Waals surface area (Å²) in [6, 6.07) is 0. The zero-order chi connectivity index (χ0) is 11.1. The van der Waals surface area contributed by atoms with Crippen LogP contribution < -0.4 is 5.73 Å². The fourth-order valence-corrected chi connectivity index (χ4v) is 1.88. The molecule has 0 radical (unpaired) electrons. The number of likely N-dealkylation sites (N-methyl/N-ethyl adjacent to an activating group) is 1. The second-order valence-corrected chi connectivity index (χ2v) is 4.29. The van der Waals surface area contributed by atoms with Gasteiger partial charge in [0.05, 0.1) is 6.54 Å². The number of hydrogen-bond acceptors (Lipinski definition) is 3. The lowest BCUT2D eigenvalue weighted by Gasteiger charge is -2.27. The number of nitrogens with zero attached hydrogens (tertiary/aromatic N) is 2. The van der Waals surface area contributed by atoms with Gasteiger partial charge in [0, 0.05) is 13.6 Å². The Balaban J connectivity index is 2.20. The van der Waals surface area contributed by atoms with Crippen LogP contribution in [0.3, 0.4) is 0 Å². The van der Waals surface area contributed by atoms with Crippen molar-refractivity contribution >= 4 is 5.91 Å². The molecule has 4 nitrogen and oxygen atoms in total. The molecule has 0 unspecified atom stereocenters. The highest BCUT2D eigenvalue weighted by Crippen LogP contribution is 2.08. The molecule has 88 valence electrons. The Labute approximate surface area is 92.4 Å². The van der Waals surface area contributed by atoms with E-state index in [0.717, 1.165) is 26.1 Å². The van der Waals surface area contributed by atoms with E-state index in [0.29, 0.717) is 13.1 Å². The molecule has 0 aromatic rings. The first-order valence-corrected chi connectivity index (χ1v) is 5.90. The van der Waals surface area contributed by atoms with Crippen molar-refractivity contribution in [1.82, 2.24) is 9.80 Å². The Kier molecular flexibility index (Phi) is 5.65. The van der Waals surface area contributed by atoms with E-state index in [1.54, 1.807) is 4.90 Å². The minimum atomic E-state index is 0.227. The topological polar surface area (TPSA) is 49.6 Å². The van der Waals surface area contributed by atoms with Gasteiger partial charge in [-0.25, -0.2) is 0 Å². The van der Waals surface area contributed by atoms with Crippen molar-refractivity contribution < 1.29 is 4.79 Å². The van der Waals surface area contributed by atoms with Crippen LogP contribution in [0.5, 0.6) is 0 Å². The smallest absolute Gasteiger partial charge is 0.236 e. The molecule has 0 bridgehead atoms. The van der Waals surface area contributed by atoms with Crippen molar-refractivity contribution in [2.45, 2.75) is 25.7 Å². The van der Waals surface area contributed by atoms with Crippen LogP contribution >= 0.6 is 0 Å². The van der Waals surface area contributed by atoms with Gasteiger partial charge in [0.1, 0.15) is 0 Å². The fourth-order valence-electron chi connectivity index (χ4n) is 1.88. The van der Waals surface area contributed by atoms with E-state index in [1.807, 2.05) is 7.05 Å². The van der Waals surface area contributed by atoms with Crippen LogP contribution in [0.1, 0.15) is 25.7 Å². The maximum absolute atomic E-state index is 11.8. The molecule has 1 aliphatic heterocycles. The zero-order valence-corrected chi connectivity index (χ0v) is 9.74. The highest BCUT2D eigenvalue weighted by molar-refractivity contribution is 5.77. The third kappa shape index (κ3) is 4.62. The van der Waals surface area contributed by atoms with Crippen molar-refractivity contribution in [2.24, 2.45) is 5.73 Å². The predicted octanol–water partition coefficient (Wildman–Crippen LogP) is 0.280. The van der Waals surface area contributed by atoms with Gasteiger partial charge in [0.2, 0.25) is 5.91 Å². The van der Waals surface area contributed by atoms with Gasteiger partial charge >= 0.3 is 0 Å². The molecule has 0 atom stereocenters. The molecule has 1 fully saturated rings. The maximum Gasteiger partial charge on any atom is 0.236 e. The molecule has 0 aromatic carbocycles. The number of carbonyl (C=O) groups excluding carboxylic acids is 1. The second kappa shape index (κ2) is 6.80. The monoisotopic (exact) mass is 213 g/mol. The van der Waals surface area contributed by atoms with Crippen LogP contribution in [0.4, 0.5) is 0 Å². The van der Waals surface area contributed by atoms with Crippen molar-refractivity contribution in [3.05, 3.63) is 0 Å². The van der Waals surface area contributed by atoms with Crippen molar-refractivity contribution in [3.63, 3.8) is 0 Å². The van der Waals surface area contributed by atoms with Crippen LogP contribution in [-0.2, 0) is 4.79 Å². The summed E-state index contributed by atoms with van der Waals surface area (Å²) in [5, 5.41) is 0. The van der Waals surface area contributed by atoms with Gasteiger partial charge in [0.15, 0.2) is 0 Å². The molecule has 1 heterocycles. The number of carbonyl (C=O) groups is 1. The third-order valence-electron chi connectivity index (χ3n) is 2.93. The first-order valence-electron chi connectivity index (χ1n) is 5.90. The number of likely N-dealkylation sites (tertiary alicyclic amines) is 1. The van der Waals surface area contributed by atoms with E-state index in [9.17, 15) is 4.79 Å². The first-order chi connectivity index (χ1) is 7.24. The molecule has 0 aromatic heterocycles. The lowest BCUT2D eigenvalue weighted by molar-refractivity contribution is -0.131. The first kappa shape index (κ1) is 12.5. The molecule has 1 amide bonds. The van der Waals surface area contributed by atoms with Gasteiger partial charge in [-0.3, -0.25) is 9.69 Å². The lowest BCUT2D eigenvalue weighted by Crippen LogP contribution is -2.41. The molecular formula is C11H23N3O. The number of hydrogen-bond donors (Lipinski definition) is 1. The van der Waals surface area contributed by atoms with Gasteiger partial charge in [0.25, 0.3) is 0 Å². The molecule has 1 saturated heterocycles. The van der Waals surface area contributed by atoms with E-state index >= 15 is 0 Å². The average Bonchev–Trinajstić information content (AvgIpc) is 2.27. The molecule has 0 spiro atoms. The minimum absolute atomic E-state index is 0.227. The zero-order valence-electron chi connectivity index (χ0n) is 9.74. The van der Waals surface area contributed by atoms with Crippen molar-refractivity contribution in [2.75, 3.05) is 39.8 Å². The maximum atomic E-state index is 11.8. The Morgan fingerprint density at radius 2 is 2.00 bits per heavy atom. The van der Waals surface area contributed by atoms with Crippen LogP contribution in [0.15, 0.2) is 0 Å². The summed E-state index contributed by atoms with van der Waals surface area (Å²) in [6.45, 7) is 4.18. The van der Waals surface area contributed by atoms with E-state index in [4.69, 9.17) is 5.73 Å². The summed E-state index contributed by atoms with van der Waals surface area (Å²) in [6.07, 6.45) is 4.68. The minimum Gasteiger partial charge on any atom is -0.345 e. The Hall–Kier alpha value is -0.610. The van der Waals surface area contributed by atoms with E-state index in [1.165, 1.54) is 19.3 Å². The van der Waals surface area contributed by atoms with E-state index < -0.39 is 0 Å². The van der Waals surface area contributed by atoms with E-state index in [2.05, 4.69) is 4.90 Å². The summed E-state index contributed by atoms with van der Waals surface area (Å²) in [5.74, 6) is 0.227. The highest BCUT2D eigenvalue weighted by atomic mass is 16.2. The van der Waals surface area contributed by atoms with Crippen molar-refractivity contribution in [3.8, 4) is 0 Å². The largest absolute Gasteiger partial charge is 0.345 e. The van der Waals surface area contributed by atoms with Crippen LogP contribution in [0.2, 0.25) is 0 Å². The second-order valence-electron chi connectivity index (χ2n) is 4.29. The standard InChI is InChI=1S/C11H23N3O/c1-13(7-5-6-12)11(15)10-14-8-3-2-4-9-14/h2-10,12H2,1H3. The highest BCUT2D eigenvalue weighted by Gasteiger charge is 2.15. The molecule has 0 saturated carbocycles. The predicted molar refractivity (Wildman–Crippen MR) is 61.6 cm³/mol. The Morgan fingerprint density at radius 3 is 2.60 bits per heavy atom. The molecule has 1 aliphatic rings. The number of piperidine rings is 1. The Bertz CT molecular complexity index is 190. The summed E-state index contributed by atoms with van der Waals surface area (Å²) in [4.78, 5) is 15.8. The molecule has 1 rings (SSSR count). The van der Waals surface area contributed by atoms with Crippen LogP contribution in [0.25, 0.3) is 0 Å². The SMILES string of the molecule is CN(CCCN)C(=O)CN1CCCCC1. The molecule has 0 aliphatic carbocycles. The molecule has 2 N–H and O–H groups in total. The van der Waals surface area contributed by atoms with Crippen molar-refractivity contribution in [1.29, 1.82) is 0 Å². The van der Waals surface area contributed by atoms with Gasteiger partial charge in [-0.05, 0) is 38.9 Å². The normalized spacial score (nSPS) is 17.7. The number of amides is 1. The third-order valence-corrected chi connectivity index (χ3v) is 2.93. The fraction of sp³-hybridized carbons (Fsp3) is 0.909. The van der Waals surface area contributed by atoms with Gasteiger partial charge in [-0.15, -0.1) is 0 Å². The number of nitrogens with two attached hydrogens (primary N) is 1. The van der Waals surface area contributed by atoms with Gasteiger partial charge in [-0.1, -0.05) is 6.42 Å². The van der Waals surface area contributed by atoms with Crippen LogP contribution in [0, 0.1) is 0 Å². The molecular weight excluding hydrogens is 190 g/mol. The van der Waals surface area contributed by atoms with Gasteiger partial charge in [-0.2, -0.15) is 0 Å². The molecule has 4 heteroatoms. The Morgan fingerprint density at radius 1 is 1.33 bits per heavy atom. The summed E-state index contributed by atoms with van der Waals surface area (Å²) in [7, 11) is 1.86. The van der Waals surface area contributed by atoms with Gasteiger partial charge < -0.3 is 10.6 Å². The number of rotatable bonds is 5. The van der Waals surface area contributed by atoms with Crippen LogP contribution in [-0.4, -0.2) is 55.5 Å². The summed E-state index contributed by atoms with van der Waals surface area (Å²) in [5.41, 5.74) is 5.41. The lowest BCUT2D eigenvalue weighted by atomic mass is 10.1.